The maximum absolute atomic E-state index is 13.7. The fourth-order valence-electron chi connectivity index (χ4n) is 4.96. The second kappa shape index (κ2) is 10.00. The van der Waals surface area contributed by atoms with Crippen molar-refractivity contribution >= 4 is 5.78 Å². The topological polar surface area (TPSA) is 53.3 Å². The van der Waals surface area contributed by atoms with E-state index in [0.717, 1.165) is 29.8 Å². The summed E-state index contributed by atoms with van der Waals surface area (Å²) in [6.45, 7) is 4.17. The molecule has 0 amide bonds. The predicted octanol–water partition coefficient (Wildman–Crippen LogP) is 6.51. The van der Waals surface area contributed by atoms with Crippen LogP contribution in [0.3, 0.4) is 0 Å². The molecule has 1 heterocycles. The molecule has 0 saturated heterocycles. The zero-order chi connectivity index (χ0) is 24.3. The van der Waals surface area contributed by atoms with E-state index in [1.807, 2.05) is 22.8 Å². The zero-order valence-electron chi connectivity index (χ0n) is 20.4. The maximum Gasteiger partial charge on any atom is 0.198 e. The number of imidazole rings is 1. The molecule has 0 radical (unpaired) electrons. The first kappa shape index (κ1) is 24.0. The molecule has 0 spiro atoms. The molecule has 0 N–H and O–H groups in total. The maximum atomic E-state index is 13.7. The van der Waals surface area contributed by atoms with E-state index in [1.165, 1.54) is 31.4 Å². The fraction of sp³-hybridized carbons (Fsp3) is 0.429. The van der Waals surface area contributed by atoms with Crippen LogP contribution in [0.5, 0.6) is 11.5 Å². The van der Waals surface area contributed by atoms with E-state index in [4.69, 9.17) is 9.47 Å². The van der Waals surface area contributed by atoms with Gasteiger partial charge in [0.15, 0.2) is 23.1 Å². The van der Waals surface area contributed by atoms with Gasteiger partial charge in [0.1, 0.15) is 5.82 Å². The van der Waals surface area contributed by atoms with Crippen LogP contribution in [-0.2, 0) is 5.41 Å². The Morgan fingerprint density at radius 1 is 1.03 bits per heavy atom. The highest BCUT2D eigenvalue weighted by Crippen LogP contribution is 2.38. The molecule has 1 aliphatic rings. The Morgan fingerprint density at radius 2 is 1.71 bits per heavy atom. The van der Waals surface area contributed by atoms with Gasteiger partial charge in [0.05, 0.1) is 26.1 Å². The highest BCUT2D eigenvalue weighted by Gasteiger charge is 2.32. The first-order valence-corrected chi connectivity index (χ1v) is 11.9. The van der Waals surface area contributed by atoms with Crippen molar-refractivity contribution in [1.29, 1.82) is 0 Å². The number of hydrogen-bond acceptors (Lipinski definition) is 4. The summed E-state index contributed by atoms with van der Waals surface area (Å²) in [6, 6.07) is 12.0. The molecule has 0 aliphatic heterocycles. The Bertz CT molecular complexity index is 1140. The van der Waals surface area contributed by atoms with E-state index in [0.29, 0.717) is 29.7 Å². The largest absolute Gasteiger partial charge is 0.493 e. The summed E-state index contributed by atoms with van der Waals surface area (Å²) in [7, 11) is 3.22. The van der Waals surface area contributed by atoms with E-state index in [9.17, 15) is 9.18 Å². The summed E-state index contributed by atoms with van der Waals surface area (Å²) >= 11 is 0. The van der Waals surface area contributed by atoms with Gasteiger partial charge in [-0.2, -0.15) is 0 Å². The lowest BCUT2D eigenvalue weighted by Gasteiger charge is -2.28. The molecule has 1 fully saturated rings. The molecular formula is C28H33FN2O3. The van der Waals surface area contributed by atoms with Gasteiger partial charge < -0.3 is 9.47 Å². The quantitative estimate of drug-likeness (QED) is 0.357. The molecule has 1 saturated carbocycles. The van der Waals surface area contributed by atoms with Crippen LogP contribution >= 0.6 is 0 Å². The Balaban J connectivity index is 1.79. The van der Waals surface area contributed by atoms with Crippen LogP contribution in [-0.4, -0.2) is 29.6 Å². The van der Waals surface area contributed by atoms with Gasteiger partial charge in [-0.05, 0) is 47.9 Å². The average molecular weight is 465 g/mol. The van der Waals surface area contributed by atoms with Gasteiger partial charge in [0.2, 0.25) is 0 Å². The lowest BCUT2D eigenvalue weighted by atomic mass is 9.81. The second-order valence-electron chi connectivity index (χ2n) is 9.60. The SMILES string of the molecule is COc1ccc(C(C)(C)c2cnc(C(=O)CC3CCCCC3)n2-c2ccc(F)cc2)cc1OC. The second-order valence-corrected chi connectivity index (χ2v) is 9.60. The fourth-order valence-corrected chi connectivity index (χ4v) is 4.96. The molecule has 0 unspecified atom stereocenters. The minimum absolute atomic E-state index is 0.0330. The molecule has 2 aromatic carbocycles. The first-order chi connectivity index (χ1) is 16.3. The lowest BCUT2D eigenvalue weighted by molar-refractivity contribution is 0.0938. The van der Waals surface area contributed by atoms with Crippen LogP contribution in [0.25, 0.3) is 5.69 Å². The van der Waals surface area contributed by atoms with Crippen molar-refractivity contribution in [2.75, 3.05) is 14.2 Å². The Morgan fingerprint density at radius 3 is 2.35 bits per heavy atom. The molecular weight excluding hydrogens is 431 g/mol. The summed E-state index contributed by atoms with van der Waals surface area (Å²) in [5.74, 6) is 1.81. The van der Waals surface area contributed by atoms with Crippen molar-refractivity contribution in [3.8, 4) is 17.2 Å². The number of benzene rings is 2. The monoisotopic (exact) mass is 464 g/mol. The van der Waals surface area contributed by atoms with Gasteiger partial charge in [0, 0.05) is 17.5 Å². The van der Waals surface area contributed by atoms with Gasteiger partial charge in [0.25, 0.3) is 0 Å². The molecule has 1 aliphatic carbocycles. The molecule has 180 valence electrons. The van der Waals surface area contributed by atoms with Crippen LogP contribution < -0.4 is 9.47 Å². The molecule has 5 nitrogen and oxygen atoms in total. The number of carbonyl (C=O) groups excluding carboxylic acids is 1. The Hall–Kier alpha value is -3.15. The van der Waals surface area contributed by atoms with Gasteiger partial charge in [-0.25, -0.2) is 9.37 Å². The van der Waals surface area contributed by atoms with Crippen LogP contribution in [0, 0.1) is 11.7 Å². The van der Waals surface area contributed by atoms with E-state index in [1.54, 1.807) is 32.5 Å². The van der Waals surface area contributed by atoms with Crippen molar-refractivity contribution in [1.82, 2.24) is 9.55 Å². The summed E-state index contributed by atoms with van der Waals surface area (Å²) in [5.41, 5.74) is 2.03. The van der Waals surface area contributed by atoms with Crippen molar-refractivity contribution in [3.63, 3.8) is 0 Å². The van der Waals surface area contributed by atoms with Crippen molar-refractivity contribution < 1.29 is 18.7 Å². The number of methoxy groups -OCH3 is 2. The normalized spacial score (nSPS) is 14.7. The number of ketones is 1. The van der Waals surface area contributed by atoms with Crippen molar-refractivity contribution in [3.05, 3.63) is 71.6 Å². The molecule has 3 aromatic rings. The predicted molar refractivity (Wildman–Crippen MR) is 131 cm³/mol. The highest BCUT2D eigenvalue weighted by molar-refractivity contribution is 5.93. The zero-order valence-corrected chi connectivity index (χ0v) is 20.4. The Kier molecular flexibility index (Phi) is 7.05. The summed E-state index contributed by atoms with van der Waals surface area (Å²) in [4.78, 5) is 18.1. The molecule has 0 bridgehead atoms. The van der Waals surface area contributed by atoms with Crippen LogP contribution in [0.1, 0.15) is 74.2 Å². The summed E-state index contributed by atoms with van der Waals surface area (Å²) in [6.07, 6.45) is 8.06. The van der Waals surface area contributed by atoms with Crippen LogP contribution in [0.15, 0.2) is 48.7 Å². The lowest BCUT2D eigenvalue weighted by Crippen LogP contribution is -2.25. The smallest absolute Gasteiger partial charge is 0.198 e. The molecule has 4 rings (SSSR count). The van der Waals surface area contributed by atoms with Crippen LogP contribution in [0.4, 0.5) is 4.39 Å². The van der Waals surface area contributed by atoms with Gasteiger partial charge >= 0.3 is 0 Å². The number of carbonyl (C=O) groups is 1. The third-order valence-corrected chi connectivity index (χ3v) is 7.04. The number of Topliss-reactive ketones (excluding diaryl/α,β-unsaturated/α-hetero) is 1. The van der Waals surface area contributed by atoms with Crippen molar-refractivity contribution in [2.45, 2.75) is 57.8 Å². The molecule has 6 heteroatoms. The number of hydrogen-bond donors (Lipinski definition) is 0. The minimum atomic E-state index is -0.524. The number of rotatable bonds is 8. The summed E-state index contributed by atoms with van der Waals surface area (Å²) < 4.78 is 26.5. The standard InChI is InChI=1S/C28H33FN2O3/c1-28(2,20-10-15-24(33-3)25(17-20)34-4)26-18-30-27(23(32)16-19-8-6-5-7-9-19)31(26)22-13-11-21(29)12-14-22/h10-15,17-19H,5-9,16H2,1-4H3. The molecule has 0 atom stereocenters. The average Bonchev–Trinajstić information content (AvgIpc) is 3.31. The summed E-state index contributed by atoms with van der Waals surface area (Å²) in [5, 5.41) is 0. The van der Waals surface area contributed by atoms with Gasteiger partial charge in [-0.1, -0.05) is 52.0 Å². The first-order valence-electron chi connectivity index (χ1n) is 11.9. The van der Waals surface area contributed by atoms with Gasteiger partial charge in [-0.15, -0.1) is 0 Å². The van der Waals surface area contributed by atoms with E-state index < -0.39 is 5.41 Å². The Labute approximate surface area is 200 Å². The third kappa shape index (κ3) is 4.72. The van der Waals surface area contributed by atoms with E-state index >= 15 is 0 Å². The highest BCUT2D eigenvalue weighted by atomic mass is 19.1. The number of ether oxygens (including phenoxy) is 2. The molecule has 1 aromatic heterocycles. The number of aromatic nitrogens is 2. The molecule has 34 heavy (non-hydrogen) atoms. The number of nitrogens with zero attached hydrogens (tertiary/aromatic N) is 2. The third-order valence-electron chi connectivity index (χ3n) is 7.04. The minimum Gasteiger partial charge on any atom is -0.493 e. The van der Waals surface area contributed by atoms with Crippen LogP contribution in [0.2, 0.25) is 0 Å². The number of halogens is 1. The van der Waals surface area contributed by atoms with Crippen molar-refractivity contribution in [2.24, 2.45) is 5.92 Å². The van der Waals surface area contributed by atoms with Gasteiger partial charge in [-0.3, -0.25) is 9.36 Å². The van der Waals surface area contributed by atoms with E-state index in [2.05, 4.69) is 18.8 Å². The van der Waals surface area contributed by atoms with E-state index in [-0.39, 0.29) is 11.6 Å².